The van der Waals surface area contributed by atoms with Crippen molar-refractivity contribution in [3.63, 3.8) is 0 Å². The first-order valence-corrected chi connectivity index (χ1v) is 8.16. The van der Waals surface area contributed by atoms with Gasteiger partial charge in [0.05, 0.1) is 29.1 Å². The molecule has 2 N–H and O–H groups in total. The van der Waals surface area contributed by atoms with Crippen LogP contribution in [0.5, 0.6) is 0 Å². The fourth-order valence-corrected chi connectivity index (χ4v) is 2.60. The summed E-state index contributed by atoms with van der Waals surface area (Å²) in [5, 5.41) is 28.4. The van der Waals surface area contributed by atoms with Gasteiger partial charge < -0.3 is 10.6 Å². The Labute approximate surface area is 158 Å². The minimum Gasteiger partial charge on any atom is -0.380 e. The van der Waals surface area contributed by atoms with Gasteiger partial charge in [0.1, 0.15) is 6.07 Å². The van der Waals surface area contributed by atoms with Crippen LogP contribution < -0.4 is 10.6 Å². The van der Waals surface area contributed by atoms with Gasteiger partial charge in [0, 0.05) is 17.8 Å². The number of aromatic nitrogens is 3. The highest BCUT2D eigenvalue weighted by Gasteiger charge is 2.31. The van der Waals surface area contributed by atoms with E-state index < -0.39 is 11.7 Å². The van der Waals surface area contributed by atoms with Crippen molar-refractivity contribution in [3.8, 4) is 12.1 Å². The van der Waals surface area contributed by atoms with Gasteiger partial charge in [-0.3, -0.25) is 0 Å². The number of halogens is 3. The molecule has 2 heterocycles. The van der Waals surface area contributed by atoms with E-state index in [-0.39, 0.29) is 28.8 Å². The van der Waals surface area contributed by atoms with Crippen LogP contribution in [-0.4, -0.2) is 20.6 Å². The van der Waals surface area contributed by atoms with Gasteiger partial charge in [-0.25, -0.2) is 4.98 Å². The predicted octanol–water partition coefficient (Wildman–Crippen LogP) is 4.06. The van der Waals surface area contributed by atoms with E-state index in [2.05, 4.69) is 20.7 Å². The van der Waals surface area contributed by atoms with Crippen LogP contribution in [0.2, 0.25) is 0 Å². The molecule has 0 saturated carbocycles. The van der Waals surface area contributed by atoms with Crippen LogP contribution in [0.15, 0.2) is 30.5 Å². The van der Waals surface area contributed by atoms with Crippen molar-refractivity contribution in [1.29, 1.82) is 10.5 Å². The van der Waals surface area contributed by atoms with Crippen molar-refractivity contribution in [2.75, 3.05) is 10.6 Å². The molecule has 0 saturated heterocycles. The first kappa shape index (κ1) is 19.0. The van der Waals surface area contributed by atoms with Crippen molar-refractivity contribution >= 4 is 22.8 Å². The quantitative estimate of drug-likeness (QED) is 0.702. The number of nitriles is 2. The summed E-state index contributed by atoms with van der Waals surface area (Å²) in [4.78, 5) is 4.16. The van der Waals surface area contributed by atoms with E-state index in [1.54, 1.807) is 12.1 Å². The molecule has 28 heavy (non-hydrogen) atoms. The molecule has 7 nitrogen and oxygen atoms in total. The van der Waals surface area contributed by atoms with Crippen molar-refractivity contribution in [1.82, 2.24) is 14.6 Å². The van der Waals surface area contributed by atoms with Crippen LogP contribution in [0.4, 0.5) is 30.4 Å². The summed E-state index contributed by atoms with van der Waals surface area (Å²) >= 11 is 0. The van der Waals surface area contributed by atoms with Crippen molar-refractivity contribution < 1.29 is 13.2 Å². The molecule has 0 radical (unpaired) electrons. The minimum absolute atomic E-state index is 0.0417. The molecule has 0 aliphatic carbocycles. The molecule has 3 rings (SSSR count). The van der Waals surface area contributed by atoms with Gasteiger partial charge in [-0.2, -0.15) is 28.2 Å². The molecule has 10 heteroatoms. The topological polar surface area (TPSA) is 102 Å². The number of nitrogens with zero attached hydrogens (tertiary/aromatic N) is 5. The van der Waals surface area contributed by atoms with Gasteiger partial charge in [-0.1, -0.05) is 0 Å². The second kappa shape index (κ2) is 7.08. The lowest BCUT2D eigenvalue weighted by Gasteiger charge is -2.14. The zero-order valence-corrected chi connectivity index (χ0v) is 14.8. The van der Waals surface area contributed by atoms with E-state index >= 15 is 0 Å². The fraction of sp³-hybridized carbons (Fsp3) is 0.222. The molecule has 2 aromatic heterocycles. The van der Waals surface area contributed by atoms with Gasteiger partial charge in [0.25, 0.3) is 0 Å². The van der Waals surface area contributed by atoms with E-state index in [1.165, 1.54) is 16.8 Å². The maximum atomic E-state index is 13.1. The summed E-state index contributed by atoms with van der Waals surface area (Å²) in [5.41, 5.74) is 0.105. The summed E-state index contributed by atoms with van der Waals surface area (Å²) in [6.45, 7) is 3.81. The lowest BCUT2D eigenvalue weighted by atomic mass is 10.1. The fourth-order valence-electron chi connectivity index (χ4n) is 2.60. The molecule has 3 aromatic rings. The highest BCUT2D eigenvalue weighted by atomic mass is 19.4. The summed E-state index contributed by atoms with van der Waals surface area (Å²) < 4.78 is 40.6. The number of anilines is 3. The summed E-state index contributed by atoms with van der Waals surface area (Å²) in [7, 11) is 0. The van der Waals surface area contributed by atoms with E-state index in [1.807, 2.05) is 19.9 Å². The van der Waals surface area contributed by atoms with Crippen LogP contribution in [0, 0.1) is 22.7 Å². The summed E-state index contributed by atoms with van der Waals surface area (Å²) in [6.07, 6.45) is -3.24. The molecule has 0 aliphatic heterocycles. The predicted molar refractivity (Wildman–Crippen MR) is 95.9 cm³/mol. The van der Waals surface area contributed by atoms with Gasteiger partial charge in [0.2, 0.25) is 0 Å². The molecule has 0 aliphatic rings. The second-order valence-electron chi connectivity index (χ2n) is 6.27. The second-order valence-corrected chi connectivity index (χ2v) is 6.27. The first-order chi connectivity index (χ1) is 13.2. The molecule has 0 atom stereocenters. The Balaban J connectivity index is 2.10. The lowest BCUT2D eigenvalue weighted by molar-refractivity contribution is -0.137. The number of benzene rings is 1. The van der Waals surface area contributed by atoms with Crippen LogP contribution in [-0.2, 0) is 6.18 Å². The number of alkyl halides is 3. The van der Waals surface area contributed by atoms with Gasteiger partial charge in [-0.15, -0.1) is 5.10 Å². The van der Waals surface area contributed by atoms with Crippen molar-refractivity contribution in [3.05, 3.63) is 47.3 Å². The summed E-state index contributed by atoms with van der Waals surface area (Å²) in [5.74, 6) is 0.188. The Hall–Kier alpha value is -3.79. The van der Waals surface area contributed by atoms with Gasteiger partial charge in [0.15, 0.2) is 17.2 Å². The molecule has 0 unspecified atom stereocenters. The molecular formula is C18H14F3N7. The number of imidazole rings is 1. The third-order valence-corrected chi connectivity index (χ3v) is 3.69. The molecular weight excluding hydrogens is 371 g/mol. The highest BCUT2D eigenvalue weighted by Crippen LogP contribution is 2.33. The van der Waals surface area contributed by atoms with Crippen molar-refractivity contribution in [2.45, 2.75) is 26.1 Å². The maximum absolute atomic E-state index is 13.1. The number of rotatable bonds is 4. The number of hydrogen-bond acceptors (Lipinski definition) is 6. The molecule has 0 amide bonds. The largest absolute Gasteiger partial charge is 0.416 e. The van der Waals surface area contributed by atoms with Crippen LogP contribution in [0.1, 0.15) is 30.7 Å². The zero-order valence-electron chi connectivity index (χ0n) is 14.8. The third kappa shape index (κ3) is 3.81. The molecule has 0 spiro atoms. The highest BCUT2D eigenvalue weighted by molar-refractivity contribution is 5.73. The number of nitrogens with one attached hydrogen (secondary N) is 2. The Morgan fingerprint density at radius 2 is 1.86 bits per heavy atom. The maximum Gasteiger partial charge on any atom is 0.416 e. The SMILES string of the molecule is CC(C)Nc1cc(Nc2cc(C#N)cc(C(F)(F)F)c2)nn2c(C#N)cnc12. The van der Waals surface area contributed by atoms with Crippen molar-refractivity contribution in [2.24, 2.45) is 0 Å². The Morgan fingerprint density at radius 1 is 1.11 bits per heavy atom. The average molecular weight is 385 g/mol. The smallest absolute Gasteiger partial charge is 0.380 e. The van der Waals surface area contributed by atoms with E-state index in [9.17, 15) is 18.4 Å². The molecule has 0 bridgehead atoms. The van der Waals surface area contributed by atoms with Crippen LogP contribution >= 0.6 is 0 Å². The van der Waals surface area contributed by atoms with E-state index in [0.29, 0.717) is 11.3 Å². The van der Waals surface area contributed by atoms with Crippen LogP contribution in [0.25, 0.3) is 5.65 Å². The zero-order chi connectivity index (χ0) is 20.5. The minimum atomic E-state index is -4.59. The Kier molecular flexibility index (Phi) is 4.80. The van der Waals surface area contributed by atoms with E-state index in [0.717, 1.165) is 12.1 Å². The normalized spacial score (nSPS) is 11.3. The van der Waals surface area contributed by atoms with E-state index in [4.69, 9.17) is 5.26 Å². The lowest BCUT2D eigenvalue weighted by Crippen LogP contribution is -2.13. The van der Waals surface area contributed by atoms with Gasteiger partial charge >= 0.3 is 6.18 Å². The average Bonchev–Trinajstić information content (AvgIpc) is 3.03. The number of hydrogen-bond donors (Lipinski definition) is 2. The third-order valence-electron chi connectivity index (χ3n) is 3.69. The molecule has 1 aromatic carbocycles. The number of fused-ring (bicyclic) bond motifs is 1. The molecule has 142 valence electrons. The summed E-state index contributed by atoms with van der Waals surface area (Å²) in [6, 6.07) is 8.25. The van der Waals surface area contributed by atoms with Gasteiger partial charge in [-0.05, 0) is 32.0 Å². The standard InChI is InChI=1S/C18H14F3N7/c1-10(2)25-15-6-16(27-28-14(8-23)9-24-17(15)28)26-13-4-11(7-22)3-12(5-13)18(19,20)21/h3-6,9-10,25H,1-2H3,(H,26,27). The Morgan fingerprint density at radius 3 is 2.46 bits per heavy atom. The molecule has 0 fully saturated rings. The first-order valence-electron chi connectivity index (χ1n) is 8.16. The monoisotopic (exact) mass is 385 g/mol. The van der Waals surface area contributed by atoms with Crippen LogP contribution in [0.3, 0.4) is 0 Å². The Bertz CT molecular complexity index is 1120.